The van der Waals surface area contributed by atoms with E-state index < -0.39 is 0 Å². The van der Waals surface area contributed by atoms with Gasteiger partial charge in [0.25, 0.3) is 0 Å². The summed E-state index contributed by atoms with van der Waals surface area (Å²) in [5.41, 5.74) is 5.63. The molecule has 2 N–H and O–H groups in total. The molecule has 1 aliphatic rings. The second kappa shape index (κ2) is 6.81. The molecule has 1 rings (SSSR count). The van der Waals surface area contributed by atoms with Crippen molar-refractivity contribution >= 4 is 0 Å². The molecule has 1 heteroatoms. The second-order valence-corrected chi connectivity index (χ2v) is 2.81. The summed E-state index contributed by atoms with van der Waals surface area (Å²) in [6.07, 6.45) is 8.41. The summed E-state index contributed by atoms with van der Waals surface area (Å²) in [6.45, 7) is 5.25. The summed E-state index contributed by atoms with van der Waals surface area (Å²) in [5, 5.41) is 0. The van der Waals surface area contributed by atoms with Crippen molar-refractivity contribution in [2.24, 2.45) is 5.73 Å². The molecule has 0 bridgehead atoms. The number of allylic oxidation sites excluding steroid dienone is 1. The first-order valence-corrected chi connectivity index (χ1v) is 4.14. The lowest BCUT2D eigenvalue weighted by atomic mass is 9.97. The fraction of sp³-hybridized carbons (Fsp3) is 0.778. The van der Waals surface area contributed by atoms with E-state index in [4.69, 9.17) is 5.73 Å². The van der Waals surface area contributed by atoms with Crippen LogP contribution in [-0.4, -0.2) is 6.04 Å². The molecular weight excluding hydrogens is 122 g/mol. The second-order valence-electron chi connectivity index (χ2n) is 2.81. The Labute approximate surface area is 64.3 Å². The summed E-state index contributed by atoms with van der Waals surface area (Å²) in [7, 11) is 0. The Balaban J connectivity index is 0.000000236. The standard InChI is InChI=1S/C6H13N.C3H6/c7-6-4-2-1-3-5-6;1-3-2/h6H,1-5,7H2;3H,1H2,2H3. The SMILES string of the molecule is C=CC.NC1CCCCC1. The quantitative estimate of drug-likeness (QED) is 0.515. The van der Waals surface area contributed by atoms with E-state index >= 15 is 0 Å². The molecular formula is C9H19N. The highest BCUT2D eigenvalue weighted by molar-refractivity contribution is 4.66. The van der Waals surface area contributed by atoms with E-state index in [0.29, 0.717) is 6.04 Å². The lowest BCUT2D eigenvalue weighted by Gasteiger charge is -2.15. The Morgan fingerprint density at radius 1 is 1.30 bits per heavy atom. The molecule has 10 heavy (non-hydrogen) atoms. The van der Waals surface area contributed by atoms with Gasteiger partial charge < -0.3 is 5.73 Å². The predicted molar refractivity (Wildman–Crippen MR) is 46.9 cm³/mol. The number of hydrogen-bond acceptors (Lipinski definition) is 1. The van der Waals surface area contributed by atoms with Crippen LogP contribution in [0.1, 0.15) is 39.0 Å². The smallest absolute Gasteiger partial charge is 0.00388 e. The molecule has 0 saturated heterocycles. The third kappa shape index (κ3) is 5.83. The zero-order valence-corrected chi connectivity index (χ0v) is 6.97. The zero-order chi connectivity index (χ0) is 7.82. The van der Waals surface area contributed by atoms with E-state index in [9.17, 15) is 0 Å². The predicted octanol–water partition coefficient (Wildman–Crippen LogP) is 2.47. The minimum atomic E-state index is 0.536. The van der Waals surface area contributed by atoms with Gasteiger partial charge in [0.15, 0.2) is 0 Å². The maximum absolute atomic E-state index is 5.63. The first-order chi connectivity index (χ1) is 4.81. The van der Waals surface area contributed by atoms with Crippen molar-refractivity contribution in [1.82, 2.24) is 0 Å². The van der Waals surface area contributed by atoms with E-state index in [-0.39, 0.29) is 0 Å². The molecule has 1 fully saturated rings. The van der Waals surface area contributed by atoms with Crippen LogP contribution in [0.3, 0.4) is 0 Å². The molecule has 60 valence electrons. The highest BCUT2D eigenvalue weighted by Crippen LogP contribution is 2.14. The van der Waals surface area contributed by atoms with Crippen molar-refractivity contribution < 1.29 is 0 Å². The van der Waals surface area contributed by atoms with E-state index in [1.807, 2.05) is 6.92 Å². The lowest BCUT2D eigenvalue weighted by molar-refractivity contribution is 0.441. The minimum Gasteiger partial charge on any atom is -0.328 e. The van der Waals surface area contributed by atoms with Gasteiger partial charge in [0.1, 0.15) is 0 Å². The summed E-state index contributed by atoms with van der Waals surface area (Å²) in [4.78, 5) is 0. The van der Waals surface area contributed by atoms with Gasteiger partial charge >= 0.3 is 0 Å². The van der Waals surface area contributed by atoms with Crippen molar-refractivity contribution in [1.29, 1.82) is 0 Å². The molecule has 1 saturated carbocycles. The average Bonchev–Trinajstić information content (AvgIpc) is 1.91. The third-order valence-electron chi connectivity index (χ3n) is 1.65. The molecule has 0 unspecified atom stereocenters. The van der Waals surface area contributed by atoms with Gasteiger partial charge in [-0.05, 0) is 19.8 Å². The fourth-order valence-electron chi connectivity index (χ4n) is 1.13. The van der Waals surface area contributed by atoms with Crippen LogP contribution >= 0.6 is 0 Å². The van der Waals surface area contributed by atoms with E-state index in [2.05, 4.69) is 6.58 Å². The summed E-state index contributed by atoms with van der Waals surface area (Å²) < 4.78 is 0. The molecule has 0 aromatic heterocycles. The number of rotatable bonds is 0. The normalized spacial score (nSPS) is 19.0. The maximum atomic E-state index is 5.63. The van der Waals surface area contributed by atoms with Gasteiger partial charge in [0.2, 0.25) is 0 Å². The zero-order valence-electron chi connectivity index (χ0n) is 6.97. The summed E-state index contributed by atoms with van der Waals surface area (Å²) in [6, 6.07) is 0.536. The highest BCUT2D eigenvalue weighted by Gasteiger charge is 2.06. The van der Waals surface area contributed by atoms with Crippen molar-refractivity contribution in [2.75, 3.05) is 0 Å². The van der Waals surface area contributed by atoms with Gasteiger partial charge in [-0.25, -0.2) is 0 Å². The average molecular weight is 141 g/mol. The van der Waals surface area contributed by atoms with Crippen molar-refractivity contribution in [3.05, 3.63) is 12.7 Å². The Morgan fingerprint density at radius 3 is 1.90 bits per heavy atom. The third-order valence-corrected chi connectivity index (χ3v) is 1.65. The molecule has 0 amide bonds. The maximum Gasteiger partial charge on any atom is 0.00388 e. The first-order valence-electron chi connectivity index (χ1n) is 4.14. The van der Waals surface area contributed by atoms with Gasteiger partial charge in [0.05, 0.1) is 0 Å². The molecule has 0 spiro atoms. The molecule has 0 heterocycles. The van der Waals surface area contributed by atoms with Gasteiger partial charge in [-0.3, -0.25) is 0 Å². The molecule has 0 radical (unpaired) electrons. The minimum absolute atomic E-state index is 0.536. The van der Waals surface area contributed by atoms with Crippen LogP contribution < -0.4 is 5.73 Å². The largest absolute Gasteiger partial charge is 0.328 e. The fourth-order valence-corrected chi connectivity index (χ4v) is 1.13. The Bertz CT molecular complexity index is 72.8. The van der Waals surface area contributed by atoms with Crippen molar-refractivity contribution in [2.45, 2.75) is 45.1 Å². The van der Waals surface area contributed by atoms with E-state index in [1.54, 1.807) is 6.08 Å². The van der Waals surface area contributed by atoms with Gasteiger partial charge in [-0.15, -0.1) is 6.58 Å². The van der Waals surface area contributed by atoms with Crippen LogP contribution in [0.5, 0.6) is 0 Å². The van der Waals surface area contributed by atoms with Crippen LogP contribution in [-0.2, 0) is 0 Å². The number of hydrogen-bond donors (Lipinski definition) is 1. The molecule has 0 aliphatic heterocycles. The van der Waals surface area contributed by atoms with Crippen LogP contribution in [0.4, 0.5) is 0 Å². The Hall–Kier alpha value is -0.300. The van der Waals surface area contributed by atoms with Crippen LogP contribution in [0.2, 0.25) is 0 Å². The van der Waals surface area contributed by atoms with Gasteiger partial charge in [-0.1, -0.05) is 25.3 Å². The molecule has 0 atom stereocenters. The van der Waals surface area contributed by atoms with Crippen molar-refractivity contribution in [3.8, 4) is 0 Å². The van der Waals surface area contributed by atoms with Gasteiger partial charge in [-0.2, -0.15) is 0 Å². The molecule has 0 aromatic carbocycles. The monoisotopic (exact) mass is 141 g/mol. The molecule has 0 aromatic rings. The summed E-state index contributed by atoms with van der Waals surface area (Å²) in [5.74, 6) is 0. The number of nitrogens with two attached hydrogens (primary N) is 1. The van der Waals surface area contributed by atoms with Crippen molar-refractivity contribution in [3.63, 3.8) is 0 Å². The van der Waals surface area contributed by atoms with E-state index in [1.165, 1.54) is 32.1 Å². The van der Waals surface area contributed by atoms with Crippen LogP contribution in [0, 0.1) is 0 Å². The Kier molecular flexibility index (Phi) is 6.61. The lowest BCUT2D eigenvalue weighted by Crippen LogP contribution is -2.22. The first kappa shape index (κ1) is 9.70. The van der Waals surface area contributed by atoms with Crippen LogP contribution in [0.25, 0.3) is 0 Å². The topological polar surface area (TPSA) is 26.0 Å². The molecule has 1 nitrogen and oxygen atoms in total. The summed E-state index contributed by atoms with van der Waals surface area (Å²) >= 11 is 0. The van der Waals surface area contributed by atoms with Crippen LogP contribution in [0.15, 0.2) is 12.7 Å². The molecule has 1 aliphatic carbocycles. The Morgan fingerprint density at radius 2 is 1.70 bits per heavy atom. The highest BCUT2D eigenvalue weighted by atomic mass is 14.6. The van der Waals surface area contributed by atoms with E-state index in [0.717, 1.165) is 0 Å². The van der Waals surface area contributed by atoms with Gasteiger partial charge in [0, 0.05) is 6.04 Å².